The van der Waals surface area contributed by atoms with E-state index in [1.807, 2.05) is 23.1 Å². The summed E-state index contributed by atoms with van der Waals surface area (Å²) in [7, 11) is 0. The minimum absolute atomic E-state index is 0.650. The highest BCUT2D eigenvalue weighted by Gasteiger charge is 2.27. The van der Waals surface area contributed by atoms with Gasteiger partial charge in [0.2, 0.25) is 0 Å². The van der Waals surface area contributed by atoms with Crippen molar-refractivity contribution in [3.05, 3.63) is 35.5 Å². The highest BCUT2D eigenvalue weighted by molar-refractivity contribution is 9.10. The van der Waals surface area contributed by atoms with Crippen molar-refractivity contribution in [2.75, 3.05) is 18.0 Å². The van der Waals surface area contributed by atoms with Crippen molar-refractivity contribution in [3.8, 4) is 0 Å². The number of halogens is 1. The zero-order valence-corrected chi connectivity index (χ0v) is 10.8. The molecule has 0 unspecified atom stereocenters. The summed E-state index contributed by atoms with van der Waals surface area (Å²) in [6, 6.07) is 1.95. The Hall–Kier alpha value is -1.43. The van der Waals surface area contributed by atoms with Gasteiger partial charge < -0.3 is 4.90 Å². The normalized spacial score (nSPS) is 15.9. The van der Waals surface area contributed by atoms with Gasteiger partial charge in [0.15, 0.2) is 0 Å². The van der Waals surface area contributed by atoms with E-state index in [1.54, 1.807) is 12.5 Å². The Morgan fingerprint density at radius 1 is 1.41 bits per heavy atom. The zero-order valence-electron chi connectivity index (χ0n) is 9.20. The van der Waals surface area contributed by atoms with Gasteiger partial charge in [-0.25, -0.2) is 9.97 Å². The molecule has 1 aliphatic rings. The van der Waals surface area contributed by atoms with Crippen LogP contribution in [0.15, 0.2) is 35.5 Å². The smallest absolute Gasteiger partial charge is 0.131 e. The number of hydrogen-bond donors (Lipinski definition) is 0. The van der Waals surface area contributed by atoms with E-state index >= 15 is 0 Å². The minimum Gasteiger partial charge on any atom is -0.356 e. The maximum Gasteiger partial charge on any atom is 0.131 e. The van der Waals surface area contributed by atoms with Crippen LogP contribution in [0.25, 0.3) is 0 Å². The SMILES string of the molecule is Brc1cnn(CC2CN(c3ccncn3)C2)c1. The van der Waals surface area contributed by atoms with Crippen LogP contribution in [0, 0.1) is 5.92 Å². The van der Waals surface area contributed by atoms with Gasteiger partial charge in [0, 0.05) is 37.9 Å². The largest absolute Gasteiger partial charge is 0.356 e. The summed E-state index contributed by atoms with van der Waals surface area (Å²) in [5.41, 5.74) is 0. The molecule has 0 N–H and O–H groups in total. The molecule has 0 amide bonds. The highest BCUT2D eigenvalue weighted by atomic mass is 79.9. The Morgan fingerprint density at radius 2 is 2.29 bits per heavy atom. The second-order valence-corrected chi connectivity index (χ2v) is 5.13. The van der Waals surface area contributed by atoms with Gasteiger partial charge in [-0.1, -0.05) is 0 Å². The van der Waals surface area contributed by atoms with Crippen LogP contribution in [0.3, 0.4) is 0 Å². The standard InChI is InChI=1S/C11H12BrN5/c12-10-3-15-17(7-10)6-9-4-16(5-9)11-1-2-13-8-14-11/h1-3,7-9H,4-6H2. The molecule has 0 radical (unpaired) electrons. The molecule has 0 aromatic carbocycles. The molecule has 17 heavy (non-hydrogen) atoms. The van der Waals surface area contributed by atoms with Crippen molar-refractivity contribution in [2.24, 2.45) is 5.92 Å². The first-order valence-corrected chi connectivity index (χ1v) is 6.29. The van der Waals surface area contributed by atoms with E-state index in [-0.39, 0.29) is 0 Å². The van der Waals surface area contributed by atoms with Gasteiger partial charge in [-0.15, -0.1) is 0 Å². The van der Waals surface area contributed by atoms with Crippen molar-refractivity contribution in [1.82, 2.24) is 19.7 Å². The summed E-state index contributed by atoms with van der Waals surface area (Å²) < 4.78 is 3.01. The topological polar surface area (TPSA) is 46.8 Å². The van der Waals surface area contributed by atoms with Crippen molar-refractivity contribution < 1.29 is 0 Å². The molecule has 3 rings (SSSR count). The molecule has 0 bridgehead atoms. The molecule has 0 spiro atoms. The second kappa shape index (κ2) is 4.44. The summed E-state index contributed by atoms with van der Waals surface area (Å²) in [4.78, 5) is 10.4. The van der Waals surface area contributed by atoms with Gasteiger partial charge in [0.25, 0.3) is 0 Å². The first-order chi connectivity index (χ1) is 8.31. The third-order valence-electron chi connectivity index (χ3n) is 2.89. The molecule has 2 aromatic rings. The lowest BCUT2D eigenvalue weighted by Gasteiger charge is -2.39. The highest BCUT2D eigenvalue weighted by Crippen LogP contribution is 2.23. The van der Waals surface area contributed by atoms with Crippen LogP contribution in [-0.2, 0) is 6.54 Å². The van der Waals surface area contributed by atoms with E-state index in [9.17, 15) is 0 Å². The molecule has 1 aliphatic heterocycles. The molecule has 5 nitrogen and oxygen atoms in total. The molecule has 2 aromatic heterocycles. The fraction of sp³-hybridized carbons (Fsp3) is 0.364. The quantitative estimate of drug-likeness (QED) is 0.862. The first kappa shape index (κ1) is 10.7. The van der Waals surface area contributed by atoms with Crippen LogP contribution >= 0.6 is 15.9 Å². The van der Waals surface area contributed by atoms with Crippen molar-refractivity contribution >= 4 is 21.7 Å². The van der Waals surface area contributed by atoms with Gasteiger partial charge >= 0.3 is 0 Å². The fourth-order valence-electron chi connectivity index (χ4n) is 2.05. The van der Waals surface area contributed by atoms with Gasteiger partial charge in [-0.2, -0.15) is 5.10 Å². The van der Waals surface area contributed by atoms with E-state index in [4.69, 9.17) is 0 Å². The Labute approximate surface area is 108 Å². The third kappa shape index (κ3) is 2.31. The number of nitrogens with zero attached hydrogens (tertiary/aromatic N) is 5. The van der Waals surface area contributed by atoms with Gasteiger partial charge in [-0.3, -0.25) is 4.68 Å². The van der Waals surface area contributed by atoms with E-state index in [0.717, 1.165) is 29.9 Å². The third-order valence-corrected chi connectivity index (χ3v) is 3.30. The van der Waals surface area contributed by atoms with E-state index in [1.165, 1.54) is 0 Å². The Kier molecular flexibility index (Phi) is 2.80. The predicted molar refractivity (Wildman–Crippen MR) is 67.7 cm³/mol. The monoisotopic (exact) mass is 293 g/mol. The molecular formula is C11H12BrN5. The van der Waals surface area contributed by atoms with Crippen molar-refractivity contribution in [2.45, 2.75) is 6.54 Å². The number of aromatic nitrogens is 4. The Morgan fingerprint density at radius 3 is 2.94 bits per heavy atom. The number of rotatable bonds is 3. The van der Waals surface area contributed by atoms with Gasteiger partial charge in [-0.05, 0) is 22.0 Å². The lowest BCUT2D eigenvalue weighted by molar-refractivity contribution is 0.340. The molecule has 0 aliphatic carbocycles. The predicted octanol–water partition coefficient (Wildman–Crippen LogP) is 1.57. The molecular weight excluding hydrogens is 282 g/mol. The first-order valence-electron chi connectivity index (χ1n) is 5.50. The summed E-state index contributed by atoms with van der Waals surface area (Å²) in [5.74, 6) is 1.66. The Balaban J connectivity index is 1.55. The van der Waals surface area contributed by atoms with Crippen LogP contribution in [0.5, 0.6) is 0 Å². The molecule has 6 heteroatoms. The van der Waals surface area contributed by atoms with Crippen LogP contribution in [0.2, 0.25) is 0 Å². The lowest BCUT2D eigenvalue weighted by atomic mass is 10.0. The average molecular weight is 294 g/mol. The molecule has 1 saturated heterocycles. The molecule has 0 atom stereocenters. The van der Waals surface area contributed by atoms with Crippen LogP contribution in [-0.4, -0.2) is 32.8 Å². The molecule has 3 heterocycles. The maximum atomic E-state index is 4.26. The summed E-state index contributed by atoms with van der Waals surface area (Å²) in [6.07, 6.45) is 7.20. The van der Waals surface area contributed by atoms with Gasteiger partial charge in [0.1, 0.15) is 12.1 Å². The minimum atomic E-state index is 0.650. The van der Waals surface area contributed by atoms with Gasteiger partial charge in [0.05, 0.1) is 10.7 Å². The number of anilines is 1. The summed E-state index contributed by atoms with van der Waals surface area (Å²) in [6.45, 7) is 3.04. The zero-order chi connectivity index (χ0) is 11.7. The molecule has 0 saturated carbocycles. The lowest BCUT2D eigenvalue weighted by Crippen LogP contribution is -2.49. The maximum absolute atomic E-state index is 4.26. The average Bonchev–Trinajstić information content (AvgIpc) is 2.70. The second-order valence-electron chi connectivity index (χ2n) is 4.22. The fourth-order valence-corrected chi connectivity index (χ4v) is 2.37. The molecule has 1 fully saturated rings. The number of hydrogen-bond acceptors (Lipinski definition) is 4. The summed E-state index contributed by atoms with van der Waals surface area (Å²) >= 11 is 3.40. The molecule has 88 valence electrons. The van der Waals surface area contributed by atoms with Crippen molar-refractivity contribution in [3.63, 3.8) is 0 Å². The van der Waals surface area contributed by atoms with E-state index in [2.05, 4.69) is 35.9 Å². The van der Waals surface area contributed by atoms with E-state index in [0.29, 0.717) is 5.92 Å². The van der Waals surface area contributed by atoms with Crippen LogP contribution in [0.4, 0.5) is 5.82 Å². The Bertz CT molecular complexity index is 492. The van der Waals surface area contributed by atoms with Crippen LogP contribution in [0.1, 0.15) is 0 Å². The van der Waals surface area contributed by atoms with Crippen molar-refractivity contribution in [1.29, 1.82) is 0 Å². The summed E-state index contributed by atoms with van der Waals surface area (Å²) in [5, 5.41) is 4.26. The van der Waals surface area contributed by atoms with E-state index < -0.39 is 0 Å². The van der Waals surface area contributed by atoms with Crippen LogP contribution < -0.4 is 4.90 Å².